The SMILES string of the molecule is CO[SiH](OC)C(Cl)CC(C)C. The Labute approximate surface area is 75.7 Å². The molecule has 0 aromatic carbocycles. The first-order valence-electron chi connectivity index (χ1n) is 3.81. The summed E-state index contributed by atoms with van der Waals surface area (Å²) < 4.78 is 10.3. The topological polar surface area (TPSA) is 18.5 Å². The van der Waals surface area contributed by atoms with Crippen LogP contribution < -0.4 is 0 Å². The van der Waals surface area contributed by atoms with Crippen LogP contribution in [-0.2, 0) is 8.85 Å². The van der Waals surface area contributed by atoms with Crippen LogP contribution in [0.15, 0.2) is 0 Å². The fourth-order valence-corrected chi connectivity index (χ4v) is 3.48. The Morgan fingerprint density at radius 3 is 2.00 bits per heavy atom. The molecule has 1 atom stereocenters. The summed E-state index contributed by atoms with van der Waals surface area (Å²) in [5, 5.41) is 0.0880. The number of halogens is 1. The van der Waals surface area contributed by atoms with E-state index in [1.807, 2.05) is 0 Å². The van der Waals surface area contributed by atoms with Gasteiger partial charge >= 0.3 is 9.28 Å². The van der Waals surface area contributed by atoms with Gasteiger partial charge in [0.1, 0.15) is 0 Å². The van der Waals surface area contributed by atoms with Crippen molar-refractivity contribution in [1.82, 2.24) is 0 Å². The van der Waals surface area contributed by atoms with Gasteiger partial charge in [0.15, 0.2) is 0 Å². The molecule has 0 N–H and O–H groups in total. The summed E-state index contributed by atoms with van der Waals surface area (Å²) in [6, 6.07) is 0. The molecule has 0 fully saturated rings. The average molecular weight is 197 g/mol. The summed E-state index contributed by atoms with van der Waals surface area (Å²) in [5.41, 5.74) is 0. The zero-order chi connectivity index (χ0) is 8.85. The predicted octanol–water partition coefficient (Wildman–Crippen LogP) is 1.69. The molecule has 0 aliphatic heterocycles. The number of alkyl halides is 1. The molecule has 0 saturated carbocycles. The molecule has 11 heavy (non-hydrogen) atoms. The Bertz CT molecular complexity index is 96.4. The predicted molar refractivity (Wildman–Crippen MR) is 50.3 cm³/mol. The van der Waals surface area contributed by atoms with Gasteiger partial charge in [-0.25, -0.2) is 0 Å². The first-order chi connectivity index (χ1) is 5.11. The first-order valence-corrected chi connectivity index (χ1v) is 5.86. The standard InChI is InChI=1S/C7H17ClO2Si/c1-6(2)5-7(8)11(9-3)10-4/h6-7,11H,5H2,1-4H3. The van der Waals surface area contributed by atoms with E-state index in [9.17, 15) is 0 Å². The molecule has 0 bridgehead atoms. The molecule has 0 spiro atoms. The lowest BCUT2D eigenvalue weighted by molar-refractivity contribution is 0.271. The van der Waals surface area contributed by atoms with Crippen molar-refractivity contribution in [2.75, 3.05) is 14.2 Å². The third-order valence-corrected chi connectivity index (χ3v) is 4.04. The second kappa shape index (κ2) is 6.00. The van der Waals surface area contributed by atoms with Gasteiger partial charge in [0.2, 0.25) is 0 Å². The van der Waals surface area contributed by atoms with Crippen molar-refractivity contribution in [2.24, 2.45) is 5.92 Å². The van der Waals surface area contributed by atoms with E-state index in [0.717, 1.165) is 6.42 Å². The summed E-state index contributed by atoms with van der Waals surface area (Å²) in [5.74, 6) is 0.609. The summed E-state index contributed by atoms with van der Waals surface area (Å²) >= 11 is 6.05. The number of rotatable bonds is 5. The van der Waals surface area contributed by atoms with E-state index in [4.69, 9.17) is 20.5 Å². The lowest BCUT2D eigenvalue weighted by Gasteiger charge is -2.18. The van der Waals surface area contributed by atoms with Crippen LogP contribution in [-0.4, -0.2) is 28.5 Å². The van der Waals surface area contributed by atoms with Gasteiger partial charge in [-0.3, -0.25) is 0 Å². The molecule has 0 radical (unpaired) electrons. The zero-order valence-electron chi connectivity index (χ0n) is 7.63. The maximum absolute atomic E-state index is 6.05. The molecule has 0 rings (SSSR count). The van der Waals surface area contributed by atoms with Gasteiger partial charge in [0.05, 0.1) is 5.00 Å². The minimum Gasteiger partial charge on any atom is -0.399 e. The van der Waals surface area contributed by atoms with Gasteiger partial charge in [0.25, 0.3) is 0 Å². The molecule has 0 aliphatic rings. The van der Waals surface area contributed by atoms with Crippen molar-refractivity contribution in [3.05, 3.63) is 0 Å². The van der Waals surface area contributed by atoms with E-state index in [2.05, 4.69) is 13.8 Å². The highest BCUT2D eigenvalue weighted by Gasteiger charge is 2.22. The Kier molecular flexibility index (Phi) is 6.23. The van der Waals surface area contributed by atoms with E-state index >= 15 is 0 Å². The second-order valence-corrected chi connectivity index (χ2v) is 6.45. The van der Waals surface area contributed by atoms with Crippen LogP contribution >= 0.6 is 11.6 Å². The van der Waals surface area contributed by atoms with E-state index in [1.165, 1.54) is 0 Å². The quantitative estimate of drug-likeness (QED) is 0.492. The van der Waals surface area contributed by atoms with E-state index in [0.29, 0.717) is 5.92 Å². The highest BCUT2D eigenvalue weighted by atomic mass is 35.5. The normalized spacial score (nSPS) is 14.5. The fourth-order valence-electron chi connectivity index (χ4n) is 0.953. The Morgan fingerprint density at radius 1 is 1.27 bits per heavy atom. The molecule has 68 valence electrons. The van der Waals surface area contributed by atoms with Gasteiger partial charge in [-0.1, -0.05) is 13.8 Å². The average Bonchev–Trinajstić information content (AvgIpc) is 1.88. The molecular formula is C7H17ClO2Si. The molecule has 0 heterocycles. The van der Waals surface area contributed by atoms with Gasteiger partial charge in [-0.2, -0.15) is 0 Å². The Balaban J connectivity index is 3.68. The molecule has 0 amide bonds. The van der Waals surface area contributed by atoms with Crippen LogP contribution in [0.25, 0.3) is 0 Å². The van der Waals surface area contributed by atoms with E-state index in [-0.39, 0.29) is 5.00 Å². The monoisotopic (exact) mass is 196 g/mol. The van der Waals surface area contributed by atoms with Crippen molar-refractivity contribution in [1.29, 1.82) is 0 Å². The molecule has 0 aromatic rings. The maximum atomic E-state index is 6.05. The highest BCUT2D eigenvalue weighted by molar-refractivity contribution is 6.59. The summed E-state index contributed by atoms with van der Waals surface area (Å²) in [4.78, 5) is 0. The molecule has 0 saturated heterocycles. The summed E-state index contributed by atoms with van der Waals surface area (Å²) in [7, 11) is 1.75. The van der Waals surface area contributed by atoms with Crippen molar-refractivity contribution in [3.63, 3.8) is 0 Å². The molecule has 0 aliphatic carbocycles. The van der Waals surface area contributed by atoms with Crippen molar-refractivity contribution in [2.45, 2.75) is 25.3 Å². The lowest BCUT2D eigenvalue weighted by atomic mass is 10.2. The fraction of sp³-hybridized carbons (Fsp3) is 1.00. The lowest BCUT2D eigenvalue weighted by Crippen LogP contribution is -2.32. The van der Waals surface area contributed by atoms with Crippen molar-refractivity contribution < 1.29 is 8.85 Å². The smallest absolute Gasteiger partial charge is 0.339 e. The maximum Gasteiger partial charge on any atom is 0.339 e. The van der Waals surface area contributed by atoms with E-state index in [1.54, 1.807) is 14.2 Å². The Morgan fingerprint density at radius 2 is 1.73 bits per heavy atom. The third-order valence-electron chi connectivity index (χ3n) is 1.46. The number of hydrogen-bond acceptors (Lipinski definition) is 2. The largest absolute Gasteiger partial charge is 0.399 e. The van der Waals surface area contributed by atoms with Crippen LogP contribution in [0.2, 0.25) is 0 Å². The minimum atomic E-state index is -1.58. The van der Waals surface area contributed by atoms with Crippen LogP contribution in [0.1, 0.15) is 20.3 Å². The van der Waals surface area contributed by atoms with Crippen molar-refractivity contribution >= 4 is 20.9 Å². The highest BCUT2D eigenvalue weighted by Crippen LogP contribution is 2.13. The molecular weight excluding hydrogens is 180 g/mol. The van der Waals surface area contributed by atoms with Gasteiger partial charge in [-0.05, 0) is 12.3 Å². The molecule has 0 aromatic heterocycles. The van der Waals surface area contributed by atoms with Crippen molar-refractivity contribution in [3.8, 4) is 0 Å². The van der Waals surface area contributed by atoms with Crippen LogP contribution in [0.3, 0.4) is 0 Å². The zero-order valence-corrected chi connectivity index (χ0v) is 9.54. The van der Waals surface area contributed by atoms with Crippen LogP contribution in [0, 0.1) is 5.92 Å². The first kappa shape index (κ1) is 11.4. The Hall–Kier alpha value is 0.427. The molecule has 1 unspecified atom stereocenters. The second-order valence-electron chi connectivity index (χ2n) is 2.99. The molecule has 2 nitrogen and oxygen atoms in total. The third kappa shape index (κ3) is 4.79. The summed E-state index contributed by atoms with van der Waals surface area (Å²) in [6.45, 7) is 4.29. The number of hydrogen-bond donors (Lipinski definition) is 0. The van der Waals surface area contributed by atoms with Gasteiger partial charge in [-0.15, -0.1) is 11.6 Å². The van der Waals surface area contributed by atoms with Gasteiger partial charge in [0, 0.05) is 14.2 Å². The summed E-state index contributed by atoms with van der Waals surface area (Å²) in [6.07, 6.45) is 0.972. The minimum absolute atomic E-state index is 0.0880. The van der Waals surface area contributed by atoms with Crippen LogP contribution in [0.5, 0.6) is 0 Å². The van der Waals surface area contributed by atoms with E-state index < -0.39 is 9.28 Å². The van der Waals surface area contributed by atoms with Crippen LogP contribution in [0.4, 0.5) is 0 Å². The molecule has 4 heteroatoms. The van der Waals surface area contributed by atoms with Gasteiger partial charge < -0.3 is 8.85 Å².